The fourth-order valence-electron chi connectivity index (χ4n) is 2.86. The molecule has 2 rings (SSSR count). The van der Waals surface area contributed by atoms with Crippen LogP contribution in [0.4, 0.5) is 4.39 Å². The van der Waals surface area contributed by atoms with E-state index in [-0.39, 0.29) is 11.9 Å². The topological polar surface area (TPSA) is 23.5 Å². The molecule has 1 heterocycles. The smallest absolute Gasteiger partial charge is 0.123 e. The minimum atomic E-state index is -0.188. The molecule has 2 atom stereocenters. The van der Waals surface area contributed by atoms with Gasteiger partial charge in [-0.05, 0) is 62.8 Å². The molecule has 0 saturated carbocycles. The Kier molecular flexibility index (Phi) is 5.34. The van der Waals surface area contributed by atoms with Crippen LogP contribution in [0.1, 0.15) is 38.2 Å². The summed E-state index contributed by atoms with van der Waals surface area (Å²) in [6.07, 6.45) is 4.32. The molecule has 3 heteroatoms. The third kappa shape index (κ3) is 4.92. The predicted molar refractivity (Wildman–Crippen MR) is 75.3 cm³/mol. The number of benzene rings is 1. The molecule has 0 aromatic heterocycles. The number of hydrogen-bond acceptors (Lipinski definition) is 2. The van der Waals surface area contributed by atoms with Crippen molar-refractivity contribution in [2.75, 3.05) is 13.1 Å². The second-order valence-electron chi connectivity index (χ2n) is 5.80. The molecule has 2 nitrogen and oxygen atoms in total. The van der Waals surface area contributed by atoms with Gasteiger partial charge in [0.1, 0.15) is 5.82 Å². The van der Waals surface area contributed by atoms with E-state index in [1.54, 1.807) is 0 Å². The maximum atomic E-state index is 12.9. The Morgan fingerprint density at radius 1 is 1.37 bits per heavy atom. The van der Waals surface area contributed by atoms with Gasteiger partial charge in [-0.25, -0.2) is 4.39 Å². The van der Waals surface area contributed by atoms with E-state index in [9.17, 15) is 9.50 Å². The van der Waals surface area contributed by atoms with Crippen molar-refractivity contribution < 1.29 is 9.50 Å². The monoisotopic (exact) mass is 265 g/mol. The first-order chi connectivity index (χ1) is 9.13. The number of nitrogens with zero attached hydrogens (tertiary/aromatic N) is 1. The van der Waals surface area contributed by atoms with E-state index in [1.165, 1.54) is 30.5 Å². The molecule has 0 aliphatic carbocycles. The molecule has 1 saturated heterocycles. The third-order valence-corrected chi connectivity index (χ3v) is 3.92. The Morgan fingerprint density at radius 3 is 2.79 bits per heavy atom. The largest absolute Gasteiger partial charge is 0.393 e. The highest BCUT2D eigenvalue weighted by atomic mass is 19.1. The maximum absolute atomic E-state index is 12.9. The fraction of sp³-hybridized carbons (Fsp3) is 0.625. The van der Waals surface area contributed by atoms with Crippen LogP contribution in [-0.4, -0.2) is 29.2 Å². The Hall–Kier alpha value is -0.930. The molecule has 0 bridgehead atoms. The summed E-state index contributed by atoms with van der Waals surface area (Å²) in [6, 6.07) is 6.80. The SMILES string of the molecule is CC(O)CCC1CCCN(Cc2ccc(F)cc2)C1. The van der Waals surface area contributed by atoms with Crippen molar-refractivity contribution in [1.82, 2.24) is 4.90 Å². The van der Waals surface area contributed by atoms with Crippen LogP contribution in [0.25, 0.3) is 0 Å². The van der Waals surface area contributed by atoms with Crippen LogP contribution in [-0.2, 0) is 6.54 Å². The van der Waals surface area contributed by atoms with E-state index < -0.39 is 0 Å². The van der Waals surface area contributed by atoms with Crippen LogP contribution in [0.3, 0.4) is 0 Å². The molecule has 1 aliphatic rings. The first-order valence-corrected chi connectivity index (χ1v) is 7.28. The molecule has 1 aromatic carbocycles. The number of likely N-dealkylation sites (tertiary alicyclic amines) is 1. The van der Waals surface area contributed by atoms with E-state index in [0.717, 1.165) is 32.5 Å². The third-order valence-electron chi connectivity index (χ3n) is 3.92. The summed E-state index contributed by atoms with van der Waals surface area (Å²) in [6.45, 7) is 5.00. The highest BCUT2D eigenvalue weighted by Crippen LogP contribution is 2.23. The highest BCUT2D eigenvalue weighted by Gasteiger charge is 2.20. The van der Waals surface area contributed by atoms with Crippen molar-refractivity contribution in [3.63, 3.8) is 0 Å². The van der Waals surface area contributed by atoms with Gasteiger partial charge in [-0.3, -0.25) is 4.90 Å². The zero-order chi connectivity index (χ0) is 13.7. The van der Waals surface area contributed by atoms with Crippen molar-refractivity contribution in [3.8, 4) is 0 Å². The van der Waals surface area contributed by atoms with Crippen LogP contribution in [0, 0.1) is 11.7 Å². The van der Waals surface area contributed by atoms with Gasteiger partial charge in [0, 0.05) is 13.1 Å². The fourth-order valence-corrected chi connectivity index (χ4v) is 2.86. The van der Waals surface area contributed by atoms with Gasteiger partial charge >= 0.3 is 0 Å². The van der Waals surface area contributed by atoms with Crippen LogP contribution in [0.5, 0.6) is 0 Å². The predicted octanol–water partition coefficient (Wildman–Crippen LogP) is 3.20. The minimum Gasteiger partial charge on any atom is -0.393 e. The molecular formula is C16H24FNO. The standard InChI is InChI=1S/C16H24FNO/c1-13(19)4-5-14-3-2-10-18(11-14)12-15-6-8-16(17)9-7-15/h6-9,13-14,19H,2-5,10-12H2,1H3. The van der Waals surface area contributed by atoms with E-state index in [4.69, 9.17) is 0 Å². The van der Waals surface area contributed by atoms with Crippen molar-refractivity contribution >= 4 is 0 Å². The van der Waals surface area contributed by atoms with Gasteiger partial charge in [0.15, 0.2) is 0 Å². The normalized spacial score (nSPS) is 22.4. The summed E-state index contributed by atoms with van der Waals surface area (Å²) in [5, 5.41) is 9.36. The lowest BCUT2D eigenvalue weighted by atomic mass is 9.92. The van der Waals surface area contributed by atoms with Gasteiger partial charge < -0.3 is 5.11 Å². The average Bonchev–Trinajstić information content (AvgIpc) is 2.40. The lowest BCUT2D eigenvalue weighted by Gasteiger charge is -2.33. The summed E-state index contributed by atoms with van der Waals surface area (Å²) in [5.41, 5.74) is 1.18. The van der Waals surface area contributed by atoms with Crippen molar-refractivity contribution in [2.24, 2.45) is 5.92 Å². The summed E-state index contributed by atoms with van der Waals surface area (Å²) in [5.74, 6) is 0.529. The van der Waals surface area contributed by atoms with Crippen LogP contribution < -0.4 is 0 Å². The van der Waals surface area contributed by atoms with Gasteiger partial charge in [-0.1, -0.05) is 12.1 Å². The summed E-state index contributed by atoms with van der Waals surface area (Å²) >= 11 is 0. The second kappa shape index (κ2) is 7.01. The first-order valence-electron chi connectivity index (χ1n) is 7.28. The number of aliphatic hydroxyl groups is 1. The number of hydrogen-bond donors (Lipinski definition) is 1. The molecule has 0 amide bonds. The number of halogens is 1. The van der Waals surface area contributed by atoms with Crippen molar-refractivity contribution in [2.45, 2.75) is 45.3 Å². The lowest BCUT2D eigenvalue weighted by molar-refractivity contribution is 0.133. The van der Waals surface area contributed by atoms with E-state index in [2.05, 4.69) is 4.90 Å². The molecule has 1 aromatic rings. The second-order valence-corrected chi connectivity index (χ2v) is 5.80. The van der Waals surface area contributed by atoms with E-state index in [1.807, 2.05) is 19.1 Å². The summed E-state index contributed by atoms with van der Waals surface area (Å²) in [4.78, 5) is 2.45. The molecule has 2 unspecified atom stereocenters. The minimum absolute atomic E-state index is 0.169. The average molecular weight is 265 g/mol. The Labute approximate surface area is 115 Å². The zero-order valence-electron chi connectivity index (χ0n) is 11.7. The summed E-state index contributed by atoms with van der Waals surface area (Å²) in [7, 11) is 0. The molecule has 1 N–H and O–H groups in total. The highest BCUT2D eigenvalue weighted by molar-refractivity contribution is 5.15. The van der Waals surface area contributed by atoms with Gasteiger partial charge in [0.25, 0.3) is 0 Å². The Balaban J connectivity index is 1.82. The van der Waals surface area contributed by atoms with E-state index >= 15 is 0 Å². The number of rotatable bonds is 5. The van der Waals surface area contributed by atoms with Crippen molar-refractivity contribution in [1.29, 1.82) is 0 Å². The molecule has 0 spiro atoms. The number of aliphatic hydroxyl groups excluding tert-OH is 1. The Bertz CT molecular complexity index is 377. The molecule has 1 aliphatic heterocycles. The summed E-state index contributed by atoms with van der Waals surface area (Å²) < 4.78 is 12.9. The van der Waals surface area contributed by atoms with Crippen molar-refractivity contribution in [3.05, 3.63) is 35.6 Å². The van der Waals surface area contributed by atoms with Crippen LogP contribution in [0.2, 0.25) is 0 Å². The molecule has 106 valence electrons. The molecule has 0 radical (unpaired) electrons. The van der Waals surface area contributed by atoms with Crippen LogP contribution >= 0.6 is 0 Å². The molecular weight excluding hydrogens is 241 g/mol. The zero-order valence-corrected chi connectivity index (χ0v) is 11.7. The van der Waals surface area contributed by atoms with Gasteiger partial charge in [-0.2, -0.15) is 0 Å². The maximum Gasteiger partial charge on any atom is 0.123 e. The molecule has 19 heavy (non-hydrogen) atoms. The molecule has 1 fully saturated rings. The Morgan fingerprint density at radius 2 is 2.11 bits per heavy atom. The first kappa shape index (κ1) is 14.5. The lowest BCUT2D eigenvalue weighted by Crippen LogP contribution is -2.35. The van der Waals surface area contributed by atoms with Gasteiger partial charge in [-0.15, -0.1) is 0 Å². The van der Waals surface area contributed by atoms with Crippen LogP contribution in [0.15, 0.2) is 24.3 Å². The van der Waals surface area contributed by atoms with Gasteiger partial charge in [0.05, 0.1) is 6.10 Å². The van der Waals surface area contributed by atoms with E-state index in [0.29, 0.717) is 5.92 Å². The quantitative estimate of drug-likeness (QED) is 0.883. The number of piperidine rings is 1. The van der Waals surface area contributed by atoms with Gasteiger partial charge in [0.2, 0.25) is 0 Å².